The zero-order valence-electron chi connectivity index (χ0n) is 14.2. The molecule has 3 fully saturated rings. The van der Waals surface area contributed by atoms with E-state index in [0.717, 1.165) is 28.6 Å². The summed E-state index contributed by atoms with van der Waals surface area (Å²) >= 11 is 0. The predicted molar refractivity (Wildman–Crippen MR) is 98.0 cm³/mol. The van der Waals surface area contributed by atoms with Crippen molar-refractivity contribution in [1.29, 1.82) is 0 Å². The summed E-state index contributed by atoms with van der Waals surface area (Å²) in [5.74, 6) is 1.07. The molecule has 1 N–H and O–H groups in total. The van der Waals surface area contributed by atoms with Crippen molar-refractivity contribution < 1.29 is 9.21 Å². The molecule has 5 heteroatoms. The van der Waals surface area contributed by atoms with Crippen molar-refractivity contribution >= 4 is 29.3 Å². The normalized spacial score (nSPS) is 25.7. The summed E-state index contributed by atoms with van der Waals surface area (Å²) in [7, 11) is 0. The SMILES string of the molecule is CC(C)c1coc2ccc(C(=O)N[C@@H]3CN4CCC3CC4)cc12.Cl. The molecule has 3 aliphatic heterocycles. The van der Waals surface area contributed by atoms with E-state index < -0.39 is 0 Å². The highest BCUT2D eigenvalue weighted by molar-refractivity contribution is 5.98. The smallest absolute Gasteiger partial charge is 0.251 e. The van der Waals surface area contributed by atoms with E-state index in [1.165, 1.54) is 25.9 Å². The summed E-state index contributed by atoms with van der Waals surface area (Å²) in [6, 6.07) is 6.05. The Labute approximate surface area is 149 Å². The average molecular weight is 349 g/mol. The second kappa shape index (κ2) is 6.77. The molecule has 24 heavy (non-hydrogen) atoms. The highest BCUT2D eigenvalue weighted by Gasteiger charge is 2.34. The predicted octanol–water partition coefficient (Wildman–Crippen LogP) is 3.80. The number of benzene rings is 1. The van der Waals surface area contributed by atoms with Gasteiger partial charge in [-0.25, -0.2) is 0 Å². The van der Waals surface area contributed by atoms with Crippen LogP contribution in [0.4, 0.5) is 0 Å². The lowest BCUT2D eigenvalue weighted by Gasteiger charge is -2.44. The molecule has 0 aliphatic carbocycles. The van der Waals surface area contributed by atoms with Crippen molar-refractivity contribution in [2.75, 3.05) is 19.6 Å². The summed E-state index contributed by atoms with van der Waals surface area (Å²) in [5.41, 5.74) is 2.75. The number of amides is 1. The molecule has 1 amide bonds. The van der Waals surface area contributed by atoms with E-state index in [1.54, 1.807) is 0 Å². The fourth-order valence-electron chi connectivity index (χ4n) is 4.02. The molecule has 1 aromatic carbocycles. The van der Waals surface area contributed by atoms with Crippen LogP contribution in [-0.4, -0.2) is 36.5 Å². The molecule has 3 saturated heterocycles. The van der Waals surface area contributed by atoms with Crippen LogP contribution < -0.4 is 5.32 Å². The number of hydrogen-bond donors (Lipinski definition) is 1. The summed E-state index contributed by atoms with van der Waals surface area (Å²) in [6.07, 6.45) is 4.23. The Morgan fingerprint density at radius 3 is 2.67 bits per heavy atom. The van der Waals surface area contributed by atoms with Crippen LogP contribution in [0.1, 0.15) is 48.5 Å². The Hall–Kier alpha value is -1.52. The van der Waals surface area contributed by atoms with Gasteiger partial charge in [-0.2, -0.15) is 0 Å². The molecule has 4 heterocycles. The third-order valence-corrected chi connectivity index (χ3v) is 5.46. The fraction of sp³-hybridized carbons (Fsp3) is 0.526. The second-order valence-corrected chi connectivity index (χ2v) is 7.27. The van der Waals surface area contributed by atoms with Crippen molar-refractivity contribution in [3.05, 3.63) is 35.6 Å². The lowest BCUT2D eigenvalue weighted by Crippen LogP contribution is -2.57. The molecular formula is C19H25ClN2O2. The van der Waals surface area contributed by atoms with Gasteiger partial charge in [0.25, 0.3) is 5.91 Å². The highest BCUT2D eigenvalue weighted by atomic mass is 35.5. The van der Waals surface area contributed by atoms with Crippen molar-refractivity contribution in [1.82, 2.24) is 10.2 Å². The number of nitrogens with zero attached hydrogens (tertiary/aromatic N) is 1. The third-order valence-electron chi connectivity index (χ3n) is 5.46. The van der Waals surface area contributed by atoms with Gasteiger partial charge in [0, 0.05) is 29.1 Å². The van der Waals surface area contributed by atoms with Crippen LogP contribution in [0.2, 0.25) is 0 Å². The molecule has 4 nitrogen and oxygen atoms in total. The van der Waals surface area contributed by atoms with E-state index in [0.29, 0.717) is 17.9 Å². The van der Waals surface area contributed by atoms with Crippen LogP contribution in [0.15, 0.2) is 28.9 Å². The quantitative estimate of drug-likeness (QED) is 0.917. The molecule has 0 spiro atoms. The van der Waals surface area contributed by atoms with Crippen LogP contribution in [0.3, 0.4) is 0 Å². The maximum atomic E-state index is 12.7. The molecule has 1 atom stereocenters. The molecule has 0 saturated carbocycles. The molecular weight excluding hydrogens is 324 g/mol. The molecule has 2 bridgehead atoms. The van der Waals surface area contributed by atoms with Crippen LogP contribution in [0.5, 0.6) is 0 Å². The number of fused-ring (bicyclic) bond motifs is 4. The van der Waals surface area contributed by atoms with E-state index in [-0.39, 0.29) is 18.3 Å². The van der Waals surface area contributed by atoms with E-state index in [1.807, 2.05) is 24.5 Å². The van der Waals surface area contributed by atoms with Crippen LogP contribution in [0, 0.1) is 5.92 Å². The first kappa shape index (κ1) is 17.3. The number of furan rings is 1. The number of carbonyl (C=O) groups is 1. The number of piperidine rings is 3. The summed E-state index contributed by atoms with van der Waals surface area (Å²) in [4.78, 5) is 15.1. The Morgan fingerprint density at radius 1 is 1.29 bits per heavy atom. The van der Waals surface area contributed by atoms with E-state index in [9.17, 15) is 4.79 Å². The Morgan fingerprint density at radius 2 is 2.04 bits per heavy atom. The summed E-state index contributed by atoms with van der Waals surface area (Å²) in [5, 5.41) is 4.32. The fourth-order valence-corrected chi connectivity index (χ4v) is 4.02. The zero-order valence-corrected chi connectivity index (χ0v) is 15.1. The van der Waals surface area contributed by atoms with Gasteiger partial charge in [-0.1, -0.05) is 13.8 Å². The van der Waals surface area contributed by atoms with Crippen molar-refractivity contribution in [2.45, 2.75) is 38.6 Å². The van der Waals surface area contributed by atoms with Gasteiger partial charge in [-0.3, -0.25) is 4.79 Å². The van der Waals surface area contributed by atoms with Gasteiger partial charge in [0.15, 0.2) is 0 Å². The van der Waals surface area contributed by atoms with Crippen LogP contribution in [-0.2, 0) is 0 Å². The van der Waals surface area contributed by atoms with Gasteiger partial charge in [0.05, 0.1) is 6.26 Å². The summed E-state index contributed by atoms with van der Waals surface area (Å²) < 4.78 is 5.60. The summed E-state index contributed by atoms with van der Waals surface area (Å²) in [6.45, 7) is 7.67. The van der Waals surface area contributed by atoms with Gasteiger partial charge in [-0.15, -0.1) is 12.4 Å². The Kier molecular flexibility index (Phi) is 4.88. The van der Waals surface area contributed by atoms with Gasteiger partial charge >= 0.3 is 0 Å². The van der Waals surface area contributed by atoms with Crippen molar-refractivity contribution in [3.8, 4) is 0 Å². The molecule has 130 valence electrons. The lowest BCUT2D eigenvalue weighted by molar-refractivity contribution is 0.0620. The topological polar surface area (TPSA) is 45.5 Å². The number of rotatable bonds is 3. The van der Waals surface area contributed by atoms with E-state index in [4.69, 9.17) is 4.42 Å². The minimum atomic E-state index is 0. The first-order valence-electron chi connectivity index (χ1n) is 8.66. The molecule has 1 aromatic heterocycles. The van der Waals surface area contributed by atoms with Gasteiger partial charge < -0.3 is 14.6 Å². The number of halogens is 1. The third kappa shape index (κ3) is 3.05. The number of carbonyl (C=O) groups excluding carboxylic acids is 1. The van der Waals surface area contributed by atoms with E-state index >= 15 is 0 Å². The average Bonchev–Trinajstić information content (AvgIpc) is 2.99. The van der Waals surface area contributed by atoms with Crippen molar-refractivity contribution in [2.24, 2.45) is 5.92 Å². The molecule has 0 unspecified atom stereocenters. The molecule has 3 aliphatic rings. The van der Waals surface area contributed by atoms with Gasteiger partial charge in [0.1, 0.15) is 5.58 Å². The Bertz CT molecular complexity index is 732. The van der Waals surface area contributed by atoms with Crippen LogP contribution in [0.25, 0.3) is 11.0 Å². The van der Waals surface area contributed by atoms with Gasteiger partial charge in [0.2, 0.25) is 0 Å². The van der Waals surface area contributed by atoms with Crippen LogP contribution >= 0.6 is 12.4 Å². The molecule has 0 radical (unpaired) electrons. The first-order valence-corrected chi connectivity index (χ1v) is 8.66. The maximum absolute atomic E-state index is 12.7. The monoisotopic (exact) mass is 348 g/mol. The first-order chi connectivity index (χ1) is 11.1. The van der Waals surface area contributed by atoms with Crippen molar-refractivity contribution in [3.63, 3.8) is 0 Å². The second-order valence-electron chi connectivity index (χ2n) is 7.27. The van der Waals surface area contributed by atoms with E-state index in [2.05, 4.69) is 24.1 Å². The molecule has 5 rings (SSSR count). The Balaban J connectivity index is 0.00000169. The standard InChI is InChI=1S/C19H24N2O2.ClH/c1-12(2)16-11-23-18-4-3-14(9-15(16)18)19(22)20-17-10-21-7-5-13(17)6-8-21;/h3-4,9,11-13,17H,5-8,10H2,1-2H3,(H,20,22);1H/t17-;/m1./s1. The highest BCUT2D eigenvalue weighted by Crippen LogP contribution is 2.29. The maximum Gasteiger partial charge on any atom is 0.251 e. The molecule has 2 aromatic rings. The largest absolute Gasteiger partial charge is 0.464 e. The lowest BCUT2D eigenvalue weighted by atomic mass is 9.84. The van der Waals surface area contributed by atoms with Gasteiger partial charge in [-0.05, 0) is 56.0 Å². The minimum Gasteiger partial charge on any atom is -0.464 e. The minimum absolute atomic E-state index is 0. The number of nitrogens with one attached hydrogen (secondary N) is 1. The number of hydrogen-bond acceptors (Lipinski definition) is 3. The zero-order chi connectivity index (χ0) is 16.0.